The molecule has 3 aromatic carbocycles. The molecule has 2 amide bonds. The van der Waals surface area contributed by atoms with Gasteiger partial charge < -0.3 is 11.1 Å². The van der Waals surface area contributed by atoms with Gasteiger partial charge in [-0.15, -0.1) is 11.3 Å². The summed E-state index contributed by atoms with van der Waals surface area (Å²) >= 11 is 1.37. The number of aryl methyl sites for hydroxylation is 2. The first kappa shape index (κ1) is 23.5. The fourth-order valence-electron chi connectivity index (χ4n) is 4.18. The van der Waals surface area contributed by atoms with Gasteiger partial charge in [0, 0.05) is 22.2 Å². The van der Waals surface area contributed by atoms with Gasteiger partial charge >= 0.3 is 0 Å². The van der Waals surface area contributed by atoms with Crippen LogP contribution >= 0.6 is 11.3 Å². The monoisotopic (exact) mass is 491 g/mol. The lowest BCUT2D eigenvalue weighted by Crippen LogP contribution is -2.17. The van der Waals surface area contributed by atoms with Gasteiger partial charge in [-0.25, -0.2) is 4.98 Å². The maximum Gasteiger partial charge on any atom is 0.257 e. The molecule has 5 aromatic rings. The minimum atomic E-state index is -0.573. The lowest BCUT2D eigenvalue weighted by molar-refractivity contribution is 0.100. The Morgan fingerprint density at radius 2 is 1.61 bits per heavy atom. The van der Waals surface area contributed by atoms with Crippen LogP contribution in [0.5, 0.6) is 0 Å². The molecule has 36 heavy (non-hydrogen) atoms. The van der Waals surface area contributed by atoms with Gasteiger partial charge in [-0.3, -0.25) is 9.59 Å². The van der Waals surface area contributed by atoms with Crippen molar-refractivity contribution >= 4 is 39.1 Å². The minimum Gasteiger partial charge on any atom is -0.366 e. The molecule has 5 nitrogen and oxygen atoms in total. The predicted octanol–water partition coefficient (Wildman–Crippen LogP) is 6.52. The van der Waals surface area contributed by atoms with Gasteiger partial charge in [0.05, 0.1) is 22.3 Å². The highest BCUT2D eigenvalue weighted by Gasteiger charge is 2.20. The van der Waals surface area contributed by atoms with Gasteiger partial charge in [0.15, 0.2) is 0 Å². The molecular weight excluding hydrogens is 466 g/mol. The molecule has 0 atom stereocenters. The van der Waals surface area contributed by atoms with Crippen molar-refractivity contribution in [3.05, 3.63) is 118 Å². The van der Waals surface area contributed by atoms with E-state index in [1.165, 1.54) is 16.9 Å². The number of hydrogen-bond acceptors (Lipinski definition) is 4. The first-order valence-corrected chi connectivity index (χ1v) is 12.5. The van der Waals surface area contributed by atoms with E-state index in [-0.39, 0.29) is 5.91 Å². The van der Waals surface area contributed by atoms with Crippen molar-refractivity contribution in [3.8, 4) is 11.3 Å². The zero-order valence-corrected chi connectivity index (χ0v) is 20.9. The highest BCUT2D eigenvalue weighted by molar-refractivity contribution is 7.16. The summed E-state index contributed by atoms with van der Waals surface area (Å²) in [4.78, 5) is 31.5. The Morgan fingerprint density at radius 3 is 2.36 bits per heavy atom. The number of carbonyl (C=O) groups is 2. The normalized spacial score (nSPS) is 10.9. The Hall–Kier alpha value is -4.29. The number of rotatable bonds is 6. The quantitative estimate of drug-likeness (QED) is 0.283. The van der Waals surface area contributed by atoms with Crippen molar-refractivity contribution in [1.29, 1.82) is 0 Å². The third-order valence-corrected chi connectivity index (χ3v) is 7.31. The van der Waals surface area contributed by atoms with E-state index in [4.69, 9.17) is 10.7 Å². The maximum absolute atomic E-state index is 13.6. The minimum absolute atomic E-state index is 0.311. The van der Waals surface area contributed by atoms with Crippen LogP contribution in [0.1, 0.15) is 42.3 Å². The summed E-state index contributed by atoms with van der Waals surface area (Å²) in [7, 11) is 0. The number of primary amides is 1. The van der Waals surface area contributed by atoms with E-state index in [2.05, 4.69) is 31.3 Å². The number of benzene rings is 3. The first-order valence-electron chi connectivity index (χ1n) is 11.6. The number of fused-ring (bicyclic) bond motifs is 1. The van der Waals surface area contributed by atoms with Crippen LogP contribution in [0.3, 0.4) is 0 Å². The molecule has 0 spiro atoms. The molecular formula is C30H25N3O2S. The van der Waals surface area contributed by atoms with E-state index >= 15 is 0 Å². The molecule has 0 aliphatic rings. The third kappa shape index (κ3) is 4.76. The van der Waals surface area contributed by atoms with Crippen LogP contribution in [-0.4, -0.2) is 16.8 Å². The molecule has 0 aliphatic heterocycles. The average Bonchev–Trinajstić information content (AvgIpc) is 3.27. The number of thiophene rings is 1. The number of nitrogens with zero attached hydrogens (tertiary/aromatic N) is 1. The summed E-state index contributed by atoms with van der Waals surface area (Å²) in [6, 6.07) is 27.3. The molecule has 0 fully saturated rings. The summed E-state index contributed by atoms with van der Waals surface area (Å²) in [6.45, 7) is 4.12. The summed E-state index contributed by atoms with van der Waals surface area (Å²) in [5, 5.41) is 4.15. The van der Waals surface area contributed by atoms with Crippen molar-refractivity contribution in [3.63, 3.8) is 0 Å². The lowest BCUT2D eigenvalue weighted by atomic mass is 10.0. The third-order valence-electron chi connectivity index (χ3n) is 6.26. The van der Waals surface area contributed by atoms with Crippen LogP contribution in [0, 0.1) is 13.8 Å². The van der Waals surface area contributed by atoms with Crippen LogP contribution in [-0.2, 0) is 6.42 Å². The summed E-state index contributed by atoms with van der Waals surface area (Å²) in [5.74, 6) is -0.884. The van der Waals surface area contributed by atoms with Crippen molar-refractivity contribution in [2.45, 2.75) is 20.3 Å². The molecule has 6 heteroatoms. The second kappa shape index (κ2) is 9.76. The number of amides is 2. The van der Waals surface area contributed by atoms with E-state index in [9.17, 15) is 9.59 Å². The van der Waals surface area contributed by atoms with Crippen molar-refractivity contribution in [1.82, 2.24) is 4.98 Å². The number of carbonyl (C=O) groups excluding carboxylic acids is 2. The average molecular weight is 492 g/mol. The number of pyridine rings is 1. The summed E-state index contributed by atoms with van der Waals surface area (Å²) in [6.07, 6.45) is 0.650. The Labute approximate surface area is 213 Å². The highest BCUT2D eigenvalue weighted by atomic mass is 32.1. The summed E-state index contributed by atoms with van der Waals surface area (Å²) in [5.41, 5.74) is 12.3. The maximum atomic E-state index is 13.6. The number of aromatic nitrogens is 1. The van der Waals surface area contributed by atoms with Crippen LogP contribution in [0.15, 0.2) is 84.9 Å². The van der Waals surface area contributed by atoms with Crippen LogP contribution < -0.4 is 11.1 Å². The molecule has 2 aromatic heterocycles. The number of para-hydroxylation sites is 1. The largest absolute Gasteiger partial charge is 0.366 e. The Balaban J connectivity index is 1.53. The van der Waals surface area contributed by atoms with Crippen molar-refractivity contribution in [2.24, 2.45) is 5.73 Å². The van der Waals surface area contributed by atoms with Crippen LogP contribution in [0.4, 0.5) is 5.00 Å². The first-order chi connectivity index (χ1) is 17.4. The highest BCUT2D eigenvalue weighted by Crippen LogP contribution is 2.32. The smallest absolute Gasteiger partial charge is 0.257 e. The zero-order chi connectivity index (χ0) is 25.2. The number of hydrogen-bond donors (Lipinski definition) is 2. The van der Waals surface area contributed by atoms with Gasteiger partial charge in [0.25, 0.3) is 11.8 Å². The van der Waals surface area contributed by atoms with Crippen LogP contribution in [0.25, 0.3) is 22.2 Å². The van der Waals surface area contributed by atoms with Gasteiger partial charge in [-0.2, -0.15) is 0 Å². The molecule has 0 bridgehead atoms. The second-order valence-electron chi connectivity index (χ2n) is 8.81. The SMILES string of the molecule is Cc1ccc(-c2cc(C(=O)Nc3sc(Cc4ccccc4)cc3C(N)=O)c3ccccc3n2)cc1C. The van der Waals surface area contributed by atoms with Crippen molar-refractivity contribution in [2.75, 3.05) is 5.32 Å². The standard InChI is InChI=1S/C30H25N3O2S/c1-18-12-13-21(14-19(18)2)27-17-24(23-10-6-7-11-26(23)32-27)29(35)33-30-25(28(31)34)16-22(36-30)15-20-8-4-3-5-9-20/h3-14,16-17H,15H2,1-2H3,(H2,31,34)(H,33,35). The fraction of sp³-hybridized carbons (Fsp3) is 0.100. The molecule has 0 saturated heterocycles. The Morgan fingerprint density at radius 1 is 0.861 bits per heavy atom. The number of anilines is 1. The fourth-order valence-corrected chi connectivity index (χ4v) is 5.28. The van der Waals surface area contributed by atoms with Gasteiger partial charge in [-0.05, 0) is 54.8 Å². The van der Waals surface area contributed by atoms with E-state index in [1.54, 1.807) is 6.07 Å². The second-order valence-corrected chi connectivity index (χ2v) is 9.94. The topological polar surface area (TPSA) is 85.1 Å². The van der Waals surface area contributed by atoms with E-state index in [0.717, 1.165) is 32.5 Å². The van der Waals surface area contributed by atoms with Crippen LogP contribution in [0.2, 0.25) is 0 Å². The zero-order valence-electron chi connectivity index (χ0n) is 20.0. The molecule has 0 radical (unpaired) electrons. The lowest BCUT2D eigenvalue weighted by Gasteiger charge is -2.11. The van der Waals surface area contributed by atoms with Gasteiger partial charge in [0.1, 0.15) is 5.00 Å². The van der Waals surface area contributed by atoms with Gasteiger partial charge in [-0.1, -0.05) is 60.7 Å². The Bertz CT molecular complexity index is 1610. The summed E-state index contributed by atoms with van der Waals surface area (Å²) < 4.78 is 0. The molecule has 0 saturated carbocycles. The van der Waals surface area contributed by atoms with Gasteiger partial charge in [0.2, 0.25) is 0 Å². The molecule has 5 rings (SSSR count). The molecule has 0 aliphatic carbocycles. The number of nitrogens with one attached hydrogen (secondary N) is 1. The molecule has 0 unspecified atom stereocenters. The molecule has 178 valence electrons. The molecule has 3 N–H and O–H groups in total. The van der Waals surface area contributed by atoms with E-state index in [1.807, 2.05) is 66.7 Å². The number of nitrogens with two attached hydrogens (primary N) is 1. The van der Waals surface area contributed by atoms with Crippen molar-refractivity contribution < 1.29 is 9.59 Å². The Kier molecular flexibility index (Phi) is 6.36. The molecule has 2 heterocycles. The van der Waals surface area contributed by atoms with E-state index < -0.39 is 5.91 Å². The predicted molar refractivity (Wildman–Crippen MR) is 147 cm³/mol. The van der Waals surface area contributed by atoms with E-state index in [0.29, 0.717) is 28.2 Å².